The summed E-state index contributed by atoms with van der Waals surface area (Å²) in [6, 6.07) is 3.26. The number of hydrogen-bond acceptors (Lipinski definition) is 4. The van der Waals surface area contributed by atoms with E-state index in [2.05, 4.69) is 5.32 Å². The fraction of sp³-hybridized carbons (Fsp3) is 0.462. The van der Waals surface area contributed by atoms with Crippen molar-refractivity contribution in [2.75, 3.05) is 18.4 Å². The van der Waals surface area contributed by atoms with Crippen LogP contribution in [0, 0.1) is 11.7 Å². The van der Waals surface area contributed by atoms with Crippen molar-refractivity contribution >= 4 is 21.6 Å². The molecule has 2 unspecified atom stereocenters. The molecular weight excluding hydrogens is 297 g/mol. The summed E-state index contributed by atoms with van der Waals surface area (Å²) >= 11 is 0. The van der Waals surface area contributed by atoms with Crippen molar-refractivity contribution in [1.82, 2.24) is 4.31 Å². The number of nitrogens with one attached hydrogen (secondary N) is 1. The van der Waals surface area contributed by atoms with Crippen LogP contribution in [0.15, 0.2) is 23.1 Å². The Morgan fingerprint density at radius 2 is 2.10 bits per heavy atom. The summed E-state index contributed by atoms with van der Waals surface area (Å²) in [5, 5.41) is 2.40. The van der Waals surface area contributed by atoms with E-state index >= 15 is 0 Å². The van der Waals surface area contributed by atoms with Crippen molar-refractivity contribution in [2.24, 2.45) is 11.7 Å². The molecule has 1 aliphatic rings. The number of hydrogen-bond donors (Lipinski definition) is 2. The summed E-state index contributed by atoms with van der Waals surface area (Å²) in [6.07, 6.45) is 0. The van der Waals surface area contributed by atoms with Crippen LogP contribution in [-0.2, 0) is 14.8 Å². The van der Waals surface area contributed by atoms with Crippen LogP contribution >= 0.6 is 0 Å². The fourth-order valence-electron chi connectivity index (χ4n) is 2.27. The van der Waals surface area contributed by atoms with Crippen LogP contribution < -0.4 is 11.1 Å². The molecule has 1 fully saturated rings. The molecule has 2 rings (SSSR count). The maximum Gasteiger partial charge on any atom is 0.246 e. The van der Waals surface area contributed by atoms with Gasteiger partial charge in [0, 0.05) is 31.7 Å². The zero-order chi connectivity index (χ0) is 15.8. The Bertz CT molecular complexity index is 653. The third-order valence-electron chi connectivity index (χ3n) is 3.51. The van der Waals surface area contributed by atoms with Crippen molar-refractivity contribution in [3.63, 3.8) is 0 Å². The van der Waals surface area contributed by atoms with Gasteiger partial charge in [0.1, 0.15) is 10.7 Å². The zero-order valence-electron chi connectivity index (χ0n) is 11.8. The number of nitrogens with two attached hydrogens (primary N) is 1. The average Bonchev–Trinajstić information content (AvgIpc) is 2.69. The number of amides is 1. The molecule has 1 aromatic carbocycles. The molecule has 1 heterocycles. The number of anilines is 1. The van der Waals surface area contributed by atoms with Crippen molar-refractivity contribution in [3.05, 3.63) is 24.0 Å². The number of carbonyl (C=O) groups is 1. The van der Waals surface area contributed by atoms with Crippen LogP contribution in [0.2, 0.25) is 0 Å². The topological polar surface area (TPSA) is 92.5 Å². The number of halogens is 1. The number of benzene rings is 1. The van der Waals surface area contributed by atoms with Gasteiger partial charge >= 0.3 is 0 Å². The third kappa shape index (κ3) is 3.22. The molecule has 0 radical (unpaired) electrons. The highest BCUT2D eigenvalue weighted by Gasteiger charge is 2.36. The Morgan fingerprint density at radius 1 is 1.43 bits per heavy atom. The average molecular weight is 315 g/mol. The highest BCUT2D eigenvalue weighted by molar-refractivity contribution is 7.89. The van der Waals surface area contributed by atoms with Crippen LogP contribution in [0.4, 0.5) is 10.1 Å². The summed E-state index contributed by atoms with van der Waals surface area (Å²) < 4.78 is 40.1. The molecule has 1 amide bonds. The Hall–Kier alpha value is -1.51. The summed E-state index contributed by atoms with van der Waals surface area (Å²) in [5.74, 6) is -1.22. The molecule has 1 aromatic rings. The maximum atomic E-state index is 14.1. The van der Waals surface area contributed by atoms with Gasteiger partial charge in [-0.05, 0) is 24.1 Å². The molecule has 8 heteroatoms. The SMILES string of the molecule is CC(=O)Nc1ccc(S(=O)(=O)N2CC(C)C(N)C2)c(F)c1. The first kappa shape index (κ1) is 15.9. The summed E-state index contributed by atoms with van der Waals surface area (Å²) in [6.45, 7) is 3.60. The molecular formula is C13H18FN3O3S. The number of rotatable bonds is 3. The first-order valence-corrected chi connectivity index (χ1v) is 7.98. The second kappa shape index (κ2) is 5.70. The van der Waals surface area contributed by atoms with E-state index < -0.39 is 20.7 Å². The van der Waals surface area contributed by atoms with Crippen molar-refractivity contribution in [1.29, 1.82) is 0 Å². The van der Waals surface area contributed by atoms with Gasteiger partial charge in [-0.3, -0.25) is 4.79 Å². The largest absolute Gasteiger partial charge is 0.326 e. The lowest BCUT2D eigenvalue weighted by Crippen LogP contribution is -2.32. The van der Waals surface area contributed by atoms with Crippen LogP contribution in [0.1, 0.15) is 13.8 Å². The molecule has 2 atom stereocenters. The lowest BCUT2D eigenvalue weighted by molar-refractivity contribution is -0.114. The van der Waals surface area contributed by atoms with Gasteiger partial charge in [0.25, 0.3) is 0 Å². The van der Waals surface area contributed by atoms with E-state index in [-0.39, 0.29) is 36.6 Å². The predicted octanol–water partition coefficient (Wildman–Crippen LogP) is 0.752. The number of sulfonamides is 1. The van der Waals surface area contributed by atoms with E-state index in [0.29, 0.717) is 0 Å². The van der Waals surface area contributed by atoms with Gasteiger partial charge in [-0.1, -0.05) is 6.92 Å². The van der Waals surface area contributed by atoms with E-state index in [1.807, 2.05) is 6.92 Å². The van der Waals surface area contributed by atoms with E-state index in [0.717, 1.165) is 12.1 Å². The second-order valence-corrected chi connectivity index (χ2v) is 7.20. The van der Waals surface area contributed by atoms with Gasteiger partial charge in [0.2, 0.25) is 15.9 Å². The normalized spacial score (nSPS) is 23.2. The minimum Gasteiger partial charge on any atom is -0.326 e. The zero-order valence-corrected chi connectivity index (χ0v) is 12.7. The first-order valence-electron chi connectivity index (χ1n) is 6.54. The third-order valence-corrected chi connectivity index (χ3v) is 5.37. The van der Waals surface area contributed by atoms with E-state index in [1.54, 1.807) is 0 Å². The first-order chi connectivity index (χ1) is 9.71. The minimum absolute atomic E-state index is 0.0292. The van der Waals surface area contributed by atoms with E-state index in [1.165, 1.54) is 17.3 Å². The van der Waals surface area contributed by atoms with Gasteiger partial charge in [0.15, 0.2) is 0 Å². The number of carbonyl (C=O) groups excluding carboxylic acids is 1. The molecule has 0 bridgehead atoms. The maximum absolute atomic E-state index is 14.1. The van der Waals surface area contributed by atoms with Gasteiger partial charge < -0.3 is 11.1 Å². The molecule has 0 aliphatic carbocycles. The van der Waals surface area contributed by atoms with Crippen molar-refractivity contribution < 1.29 is 17.6 Å². The van der Waals surface area contributed by atoms with Crippen LogP contribution in [-0.4, -0.2) is 37.8 Å². The fourth-order valence-corrected chi connectivity index (χ4v) is 3.90. The van der Waals surface area contributed by atoms with Crippen LogP contribution in [0.3, 0.4) is 0 Å². The lowest BCUT2D eigenvalue weighted by atomic mass is 10.1. The standard InChI is InChI=1S/C13H18FN3O3S/c1-8-6-17(7-12(8)15)21(19,20)13-4-3-10(5-11(13)14)16-9(2)18/h3-5,8,12H,6-7,15H2,1-2H3,(H,16,18). The molecule has 0 aromatic heterocycles. The van der Waals surface area contributed by atoms with E-state index in [9.17, 15) is 17.6 Å². The molecule has 116 valence electrons. The van der Waals surface area contributed by atoms with Gasteiger partial charge in [-0.25, -0.2) is 12.8 Å². The quantitative estimate of drug-likeness (QED) is 0.861. The Kier molecular flexibility index (Phi) is 4.31. The summed E-state index contributed by atoms with van der Waals surface area (Å²) in [5.41, 5.74) is 6.03. The molecule has 6 nitrogen and oxygen atoms in total. The molecule has 1 saturated heterocycles. The van der Waals surface area contributed by atoms with Crippen molar-refractivity contribution in [3.8, 4) is 0 Å². The highest BCUT2D eigenvalue weighted by Crippen LogP contribution is 2.26. The van der Waals surface area contributed by atoms with Gasteiger partial charge in [-0.2, -0.15) is 4.31 Å². The molecule has 0 spiro atoms. The lowest BCUT2D eigenvalue weighted by Gasteiger charge is -2.17. The van der Waals surface area contributed by atoms with Gasteiger partial charge in [0.05, 0.1) is 0 Å². The van der Waals surface area contributed by atoms with Crippen molar-refractivity contribution in [2.45, 2.75) is 24.8 Å². The molecule has 3 N–H and O–H groups in total. The van der Waals surface area contributed by atoms with Crippen LogP contribution in [0.5, 0.6) is 0 Å². The Balaban J connectivity index is 2.31. The second-order valence-electron chi connectivity index (χ2n) is 5.29. The monoisotopic (exact) mass is 315 g/mol. The Labute approximate surface area is 123 Å². The summed E-state index contributed by atoms with van der Waals surface area (Å²) in [4.78, 5) is 10.5. The highest BCUT2D eigenvalue weighted by atomic mass is 32.2. The van der Waals surface area contributed by atoms with Gasteiger partial charge in [-0.15, -0.1) is 0 Å². The predicted molar refractivity (Wildman–Crippen MR) is 76.6 cm³/mol. The minimum atomic E-state index is -3.91. The summed E-state index contributed by atoms with van der Waals surface area (Å²) in [7, 11) is -3.91. The molecule has 1 aliphatic heterocycles. The smallest absolute Gasteiger partial charge is 0.246 e. The molecule has 21 heavy (non-hydrogen) atoms. The van der Waals surface area contributed by atoms with E-state index in [4.69, 9.17) is 5.73 Å². The Morgan fingerprint density at radius 3 is 2.57 bits per heavy atom. The number of nitrogens with zero attached hydrogens (tertiary/aromatic N) is 1. The molecule has 0 saturated carbocycles. The van der Waals surface area contributed by atoms with Crippen LogP contribution in [0.25, 0.3) is 0 Å².